The van der Waals surface area contributed by atoms with Gasteiger partial charge in [-0.05, 0) is 41.3 Å². The summed E-state index contributed by atoms with van der Waals surface area (Å²) in [6, 6.07) is 26.4. The number of rotatable bonds is 9. The van der Waals surface area contributed by atoms with E-state index in [1.807, 2.05) is 72.8 Å². The molecule has 0 saturated heterocycles. The van der Waals surface area contributed by atoms with Crippen molar-refractivity contribution in [2.24, 2.45) is 0 Å². The van der Waals surface area contributed by atoms with Crippen LogP contribution in [0.4, 0.5) is 5.69 Å². The maximum Gasteiger partial charge on any atom is 0.272 e. The molecule has 0 spiro atoms. The molecule has 0 bridgehead atoms. The first-order chi connectivity index (χ1) is 15.5. The number of aryl methyl sites for hydroxylation is 1. The van der Waals surface area contributed by atoms with Crippen molar-refractivity contribution in [1.29, 1.82) is 0 Å². The highest BCUT2D eigenvalue weighted by molar-refractivity contribution is 6.08. The van der Waals surface area contributed by atoms with Crippen LogP contribution in [0.5, 0.6) is 0 Å². The number of hydrogen-bond donors (Lipinski definition) is 2. The summed E-state index contributed by atoms with van der Waals surface area (Å²) in [6.45, 7) is 1.36. The summed E-state index contributed by atoms with van der Waals surface area (Å²) in [7, 11) is 0. The molecule has 2 amide bonds. The van der Waals surface area contributed by atoms with Crippen molar-refractivity contribution in [3.63, 3.8) is 0 Å². The lowest BCUT2D eigenvalue weighted by molar-refractivity contribution is -0.120. The van der Waals surface area contributed by atoms with E-state index >= 15 is 0 Å². The Kier molecular flexibility index (Phi) is 8.09. The molecule has 32 heavy (non-hydrogen) atoms. The molecule has 3 aromatic carbocycles. The Hall–Kier alpha value is -3.99. The fourth-order valence-electron chi connectivity index (χ4n) is 3.21. The fourth-order valence-corrected chi connectivity index (χ4v) is 3.21. The van der Waals surface area contributed by atoms with Gasteiger partial charge in [0.25, 0.3) is 5.91 Å². The summed E-state index contributed by atoms with van der Waals surface area (Å²) in [5.74, 6) is -0.577. The van der Waals surface area contributed by atoms with Crippen molar-refractivity contribution < 1.29 is 14.4 Å². The van der Waals surface area contributed by atoms with Crippen LogP contribution in [0, 0.1) is 0 Å². The zero-order valence-electron chi connectivity index (χ0n) is 18.0. The van der Waals surface area contributed by atoms with Crippen molar-refractivity contribution in [1.82, 2.24) is 5.32 Å². The van der Waals surface area contributed by atoms with E-state index in [1.165, 1.54) is 6.92 Å². The van der Waals surface area contributed by atoms with Gasteiger partial charge < -0.3 is 10.6 Å². The van der Waals surface area contributed by atoms with Gasteiger partial charge in [0.05, 0.1) is 0 Å². The van der Waals surface area contributed by atoms with E-state index in [1.54, 1.807) is 18.2 Å². The van der Waals surface area contributed by atoms with Gasteiger partial charge in [-0.1, -0.05) is 72.8 Å². The average molecular weight is 427 g/mol. The van der Waals surface area contributed by atoms with Gasteiger partial charge in [0, 0.05) is 25.5 Å². The Balaban J connectivity index is 1.58. The van der Waals surface area contributed by atoms with Gasteiger partial charge in [-0.25, -0.2) is 0 Å². The third kappa shape index (κ3) is 7.36. The Morgan fingerprint density at radius 1 is 0.781 bits per heavy atom. The Bertz CT molecular complexity index is 1090. The van der Waals surface area contributed by atoms with E-state index in [-0.39, 0.29) is 17.4 Å². The highest BCUT2D eigenvalue weighted by Gasteiger charge is 2.12. The number of benzene rings is 3. The summed E-state index contributed by atoms with van der Waals surface area (Å²) in [5.41, 5.74) is 3.58. The van der Waals surface area contributed by atoms with Crippen LogP contribution >= 0.6 is 0 Å². The highest BCUT2D eigenvalue weighted by Crippen LogP contribution is 2.14. The zero-order chi connectivity index (χ0) is 22.8. The molecular formula is C27H26N2O3. The Labute approximate surface area is 188 Å². The second kappa shape index (κ2) is 11.4. The Morgan fingerprint density at radius 3 is 2.03 bits per heavy atom. The summed E-state index contributed by atoms with van der Waals surface area (Å²) < 4.78 is 0. The van der Waals surface area contributed by atoms with Gasteiger partial charge in [0.2, 0.25) is 5.91 Å². The summed E-state index contributed by atoms with van der Waals surface area (Å²) >= 11 is 0. The van der Waals surface area contributed by atoms with Crippen molar-refractivity contribution in [2.75, 3.05) is 5.32 Å². The number of hydrogen-bond acceptors (Lipinski definition) is 3. The minimum atomic E-state index is -0.421. The average Bonchev–Trinajstić information content (AvgIpc) is 2.80. The SMILES string of the molecule is CC(=O)N/C(=C\c1ccccc1)C(=O)Nc1ccc(CC(=O)CCc2ccccc2)cc1. The monoisotopic (exact) mass is 426 g/mol. The molecule has 0 aliphatic rings. The highest BCUT2D eigenvalue weighted by atomic mass is 16.2. The lowest BCUT2D eigenvalue weighted by Crippen LogP contribution is -2.28. The van der Waals surface area contributed by atoms with E-state index in [9.17, 15) is 14.4 Å². The molecule has 3 rings (SSSR count). The molecule has 0 heterocycles. The molecule has 162 valence electrons. The molecule has 0 atom stereocenters. The fraction of sp³-hybridized carbons (Fsp3) is 0.148. The van der Waals surface area contributed by atoms with Crippen molar-refractivity contribution in [3.05, 3.63) is 107 Å². The molecule has 5 nitrogen and oxygen atoms in total. The molecule has 2 N–H and O–H groups in total. The predicted octanol–water partition coefficient (Wildman–Crippen LogP) is 4.55. The molecule has 0 aromatic heterocycles. The van der Waals surface area contributed by atoms with Crippen molar-refractivity contribution >= 4 is 29.4 Å². The number of anilines is 1. The molecule has 0 fully saturated rings. The summed E-state index contributed by atoms with van der Waals surface area (Å²) in [5, 5.41) is 5.37. The van der Waals surface area contributed by atoms with E-state index in [2.05, 4.69) is 10.6 Å². The lowest BCUT2D eigenvalue weighted by Gasteiger charge is -2.10. The maximum absolute atomic E-state index is 12.7. The molecule has 0 aliphatic carbocycles. The van der Waals surface area contributed by atoms with Gasteiger partial charge >= 0.3 is 0 Å². The summed E-state index contributed by atoms with van der Waals surface area (Å²) in [6.07, 6.45) is 3.20. The van der Waals surface area contributed by atoms with E-state index in [0.717, 1.165) is 23.1 Å². The van der Waals surface area contributed by atoms with Crippen LogP contribution < -0.4 is 10.6 Å². The minimum absolute atomic E-state index is 0.156. The largest absolute Gasteiger partial charge is 0.322 e. The van der Waals surface area contributed by atoms with Crippen LogP contribution in [0.3, 0.4) is 0 Å². The van der Waals surface area contributed by atoms with Crippen LogP contribution in [-0.2, 0) is 27.2 Å². The van der Waals surface area contributed by atoms with Crippen LogP contribution in [0.15, 0.2) is 90.6 Å². The first kappa shape index (κ1) is 22.7. The van der Waals surface area contributed by atoms with Crippen LogP contribution in [0.2, 0.25) is 0 Å². The smallest absolute Gasteiger partial charge is 0.272 e. The molecule has 0 unspecified atom stereocenters. The second-order valence-corrected chi connectivity index (χ2v) is 7.50. The third-order valence-corrected chi connectivity index (χ3v) is 4.81. The number of amides is 2. The van der Waals surface area contributed by atoms with Gasteiger partial charge in [-0.15, -0.1) is 0 Å². The van der Waals surface area contributed by atoms with Gasteiger partial charge in [-0.3, -0.25) is 14.4 Å². The number of nitrogens with one attached hydrogen (secondary N) is 2. The quantitative estimate of drug-likeness (QED) is 0.493. The predicted molar refractivity (Wildman–Crippen MR) is 127 cm³/mol. The van der Waals surface area contributed by atoms with Crippen LogP contribution in [0.1, 0.15) is 30.0 Å². The summed E-state index contributed by atoms with van der Waals surface area (Å²) in [4.78, 5) is 36.5. The normalized spacial score (nSPS) is 11.0. The maximum atomic E-state index is 12.7. The first-order valence-electron chi connectivity index (χ1n) is 10.5. The lowest BCUT2D eigenvalue weighted by atomic mass is 10.0. The molecule has 5 heteroatoms. The van der Waals surface area contributed by atoms with Gasteiger partial charge in [0.1, 0.15) is 11.5 Å². The number of ketones is 1. The molecule has 0 radical (unpaired) electrons. The molecular weight excluding hydrogens is 400 g/mol. The zero-order valence-corrected chi connectivity index (χ0v) is 18.0. The van der Waals surface area contributed by atoms with E-state index < -0.39 is 5.91 Å². The number of Topliss-reactive ketones (excluding diaryl/α,β-unsaturated/α-hetero) is 1. The van der Waals surface area contributed by atoms with E-state index in [4.69, 9.17) is 0 Å². The molecule has 3 aromatic rings. The Morgan fingerprint density at radius 2 is 1.41 bits per heavy atom. The third-order valence-electron chi connectivity index (χ3n) is 4.81. The molecule has 0 aliphatic heterocycles. The minimum Gasteiger partial charge on any atom is -0.322 e. The van der Waals surface area contributed by atoms with Gasteiger partial charge in [0.15, 0.2) is 0 Å². The number of carbonyl (C=O) groups is 3. The van der Waals surface area contributed by atoms with Gasteiger partial charge in [-0.2, -0.15) is 0 Å². The topological polar surface area (TPSA) is 75.3 Å². The van der Waals surface area contributed by atoms with Crippen molar-refractivity contribution in [2.45, 2.75) is 26.2 Å². The molecule has 0 saturated carbocycles. The van der Waals surface area contributed by atoms with Crippen molar-refractivity contribution in [3.8, 4) is 0 Å². The first-order valence-corrected chi connectivity index (χ1v) is 10.5. The number of carbonyl (C=O) groups excluding carboxylic acids is 3. The standard InChI is InChI=1S/C27H26N2O3/c1-20(30)28-26(19-22-10-6-3-7-11-22)27(32)29-24-15-12-23(13-16-24)18-25(31)17-14-21-8-4-2-5-9-21/h2-13,15-16,19H,14,17-18H2,1H3,(H,28,30)(H,29,32)/b26-19-. The van der Waals surface area contributed by atoms with Crippen LogP contribution in [0.25, 0.3) is 6.08 Å². The van der Waals surface area contributed by atoms with E-state index in [0.29, 0.717) is 18.5 Å². The second-order valence-electron chi connectivity index (χ2n) is 7.50. The van der Waals surface area contributed by atoms with Crippen LogP contribution in [-0.4, -0.2) is 17.6 Å².